The predicted octanol–water partition coefficient (Wildman–Crippen LogP) is 3.48. The monoisotopic (exact) mass is 262 g/mol. The van der Waals surface area contributed by atoms with Crippen molar-refractivity contribution in [3.63, 3.8) is 0 Å². The normalized spacial score (nSPS) is 11.0. The SMILES string of the molecule is BrCC=Cc1cn[nH]c1-c1ccccc1. The maximum absolute atomic E-state index is 4.06. The Labute approximate surface area is 97.2 Å². The van der Waals surface area contributed by atoms with E-state index in [1.807, 2.05) is 24.4 Å². The fraction of sp³-hybridized carbons (Fsp3) is 0.0833. The highest BCUT2D eigenvalue weighted by molar-refractivity contribution is 9.09. The first kappa shape index (κ1) is 10.2. The van der Waals surface area contributed by atoms with Gasteiger partial charge in [-0.3, -0.25) is 5.10 Å². The van der Waals surface area contributed by atoms with Gasteiger partial charge < -0.3 is 0 Å². The van der Waals surface area contributed by atoms with Crippen molar-refractivity contribution in [3.05, 3.63) is 48.2 Å². The van der Waals surface area contributed by atoms with Crippen molar-refractivity contribution in [1.29, 1.82) is 0 Å². The standard InChI is InChI=1S/C12H11BrN2/c13-8-4-7-11-9-14-15-12(11)10-5-2-1-3-6-10/h1-7,9H,8H2,(H,14,15). The van der Waals surface area contributed by atoms with Gasteiger partial charge >= 0.3 is 0 Å². The molecule has 2 nitrogen and oxygen atoms in total. The molecule has 0 aliphatic heterocycles. The molecule has 0 aliphatic carbocycles. The maximum Gasteiger partial charge on any atom is 0.0722 e. The van der Waals surface area contributed by atoms with Crippen LogP contribution >= 0.6 is 15.9 Å². The summed E-state index contributed by atoms with van der Waals surface area (Å²) in [5, 5.41) is 7.93. The van der Waals surface area contributed by atoms with Crippen LogP contribution in [-0.4, -0.2) is 15.5 Å². The summed E-state index contributed by atoms with van der Waals surface area (Å²) < 4.78 is 0. The van der Waals surface area contributed by atoms with Crippen molar-refractivity contribution in [2.75, 3.05) is 5.33 Å². The molecule has 1 aromatic heterocycles. The first-order valence-corrected chi connectivity index (χ1v) is 5.85. The number of nitrogens with zero attached hydrogens (tertiary/aromatic N) is 1. The maximum atomic E-state index is 4.06. The molecule has 1 N–H and O–H groups in total. The van der Waals surface area contributed by atoms with Crippen LogP contribution in [0, 0.1) is 0 Å². The van der Waals surface area contributed by atoms with Gasteiger partial charge in [0.25, 0.3) is 0 Å². The van der Waals surface area contributed by atoms with Gasteiger partial charge in [-0.25, -0.2) is 0 Å². The van der Waals surface area contributed by atoms with E-state index in [0.29, 0.717) is 0 Å². The molecule has 0 amide bonds. The van der Waals surface area contributed by atoms with E-state index in [0.717, 1.165) is 22.2 Å². The van der Waals surface area contributed by atoms with Crippen LogP contribution in [0.2, 0.25) is 0 Å². The van der Waals surface area contributed by atoms with E-state index < -0.39 is 0 Å². The van der Waals surface area contributed by atoms with Crippen LogP contribution in [0.25, 0.3) is 17.3 Å². The lowest BCUT2D eigenvalue weighted by Gasteiger charge is -1.98. The average molecular weight is 263 g/mol. The number of hydrogen-bond acceptors (Lipinski definition) is 1. The summed E-state index contributed by atoms with van der Waals surface area (Å²) in [7, 11) is 0. The Bertz CT molecular complexity index is 446. The molecule has 0 spiro atoms. The zero-order chi connectivity index (χ0) is 10.5. The minimum Gasteiger partial charge on any atom is -0.277 e. The quantitative estimate of drug-likeness (QED) is 0.844. The number of benzene rings is 1. The van der Waals surface area contributed by atoms with Crippen LogP contribution in [-0.2, 0) is 0 Å². The molecule has 76 valence electrons. The van der Waals surface area contributed by atoms with Gasteiger partial charge in [0.2, 0.25) is 0 Å². The highest BCUT2D eigenvalue weighted by Gasteiger charge is 2.03. The van der Waals surface area contributed by atoms with E-state index in [2.05, 4.69) is 50.4 Å². The molecule has 0 unspecified atom stereocenters. The number of aromatic amines is 1. The molecular weight excluding hydrogens is 252 g/mol. The van der Waals surface area contributed by atoms with E-state index in [4.69, 9.17) is 0 Å². The van der Waals surface area contributed by atoms with Gasteiger partial charge in [0.05, 0.1) is 11.9 Å². The summed E-state index contributed by atoms with van der Waals surface area (Å²) in [5.41, 5.74) is 3.33. The number of allylic oxidation sites excluding steroid dienone is 1. The Kier molecular flexibility index (Phi) is 3.35. The summed E-state index contributed by atoms with van der Waals surface area (Å²) in [6.07, 6.45) is 5.94. The minimum atomic E-state index is 0.854. The number of halogens is 1. The van der Waals surface area contributed by atoms with Gasteiger partial charge in [0.1, 0.15) is 0 Å². The molecule has 3 heteroatoms. The third kappa shape index (κ3) is 2.36. The fourth-order valence-electron chi connectivity index (χ4n) is 1.43. The molecule has 0 radical (unpaired) electrons. The molecule has 0 fully saturated rings. The molecule has 2 aromatic rings. The van der Waals surface area contributed by atoms with Crippen molar-refractivity contribution in [1.82, 2.24) is 10.2 Å². The Balaban J connectivity index is 2.37. The molecule has 0 atom stereocenters. The Morgan fingerprint density at radius 1 is 1.27 bits per heavy atom. The zero-order valence-corrected chi connectivity index (χ0v) is 9.74. The summed E-state index contributed by atoms with van der Waals surface area (Å²) >= 11 is 3.36. The van der Waals surface area contributed by atoms with Crippen molar-refractivity contribution in [2.45, 2.75) is 0 Å². The van der Waals surface area contributed by atoms with E-state index in [-0.39, 0.29) is 0 Å². The Morgan fingerprint density at radius 3 is 2.80 bits per heavy atom. The Hall–Kier alpha value is -1.35. The van der Waals surface area contributed by atoms with Crippen molar-refractivity contribution < 1.29 is 0 Å². The largest absolute Gasteiger partial charge is 0.277 e. The fourth-order valence-corrected chi connectivity index (χ4v) is 1.62. The van der Waals surface area contributed by atoms with Crippen LogP contribution < -0.4 is 0 Å². The van der Waals surface area contributed by atoms with Crippen molar-refractivity contribution in [2.24, 2.45) is 0 Å². The number of nitrogens with one attached hydrogen (secondary N) is 1. The molecule has 1 heterocycles. The van der Waals surface area contributed by atoms with Crippen molar-refractivity contribution in [3.8, 4) is 11.3 Å². The molecule has 2 rings (SSSR count). The van der Waals surface area contributed by atoms with Crippen LogP contribution in [0.3, 0.4) is 0 Å². The number of rotatable bonds is 3. The average Bonchev–Trinajstić information content (AvgIpc) is 2.75. The molecular formula is C12H11BrN2. The molecule has 0 bridgehead atoms. The van der Waals surface area contributed by atoms with Gasteiger partial charge in [-0.2, -0.15) is 5.10 Å². The highest BCUT2D eigenvalue weighted by atomic mass is 79.9. The molecule has 0 saturated carbocycles. The van der Waals surface area contributed by atoms with E-state index in [9.17, 15) is 0 Å². The third-order valence-electron chi connectivity index (χ3n) is 2.12. The van der Waals surface area contributed by atoms with E-state index in [1.165, 1.54) is 0 Å². The number of hydrogen-bond donors (Lipinski definition) is 1. The number of aromatic nitrogens is 2. The highest BCUT2D eigenvalue weighted by Crippen LogP contribution is 2.21. The van der Waals surface area contributed by atoms with Crippen LogP contribution in [0.4, 0.5) is 0 Å². The predicted molar refractivity (Wildman–Crippen MR) is 66.9 cm³/mol. The summed E-state index contributed by atoms with van der Waals surface area (Å²) in [6, 6.07) is 10.2. The Morgan fingerprint density at radius 2 is 2.07 bits per heavy atom. The summed E-state index contributed by atoms with van der Waals surface area (Å²) in [5.74, 6) is 0. The first-order valence-electron chi connectivity index (χ1n) is 4.73. The minimum absolute atomic E-state index is 0.854. The number of H-pyrrole nitrogens is 1. The van der Waals surface area contributed by atoms with Gasteiger partial charge in [0, 0.05) is 16.5 Å². The zero-order valence-electron chi connectivity index (χ0n) is 8.15. The number of alkyl halides is 1. The van der Waals surface area contributed by atoms with Crippen LogP contribution in [0.5, 0.6) is 0 Å². The summed E-state index contributed by atoms with van der Waals surface area (Å²) in [6.45, 7) is 0. The van der Waals surface area contributed by atoms with Gasteiger partial charge in [0.15, 0.2) is 0 Å². The topological polar surface area (TPSA) is 28.7 Å². The lowest BCUT2D eigenvalue weighted by atomic mass is 10.1. The van der Waals surface area contributed by atoms with Gasteiger partial charge in [-0.1, -0.05) is 58.4 Å². The lowest BCUT2D eigenvalue weighted by molar-refractivity contribution is 1.10. The van der Waals surface area contributed by atoms with E-state index >= 15 is 0 Å². The second kappa shape index (κ2) is 4.94. The van der Waals surface area contributed by atoms with E-state index in [1.54, 1.807) is 0 Å². The second-order valence-electron chi connectivity index (χ2n) is 3.12. The molecule has 1 aromatic carbocycles. The lowest BCUT2D eigenvalue weighted by Crippen LogP contribution is -1.80. The molecule has 0 aliphatic rings. The van der Waals surface area contributed by atoms with Crippen LogP contribution in [0.1, 0.15) is 5.56 Å². The smallest absolute Gasteiger partial charge is 0.0722 e. The third-order valence-corrected chi connectivity index (χ3v) is 2.49. The molecule has 15 heavy (non-hydrogen) atoms. The summed E-state index contributed by atoms with van der Waals surface area (Å²) in [4.78, 5) is 0. The second-order valence-corrected chi connectivity index (χ2v) is 3.77. The van der Waals surface area contributed by atoms with Crippen LogP contribution in [0.15, 0.2) is 42.6 Å². The molecule has 0 saturated heterocycles. The first-order chi connectivity index (χ1) is 7.42. The van der Waals surface area contributed by atoms with Gasteiger partial charge in [-0.05, 0) is 0 Å². The van der Waals surface area contributed by atoms with Crippen molar-refractivity contribution >= 4 is 22.0 Å². The van der Waals surface area contributed by atoms with Gasteiger partial charge in [-0.15, -0.1) is 0 Å².